The first-order valence-electron chi connectivity index (χ1n) is 14.9. The minimum Gasteiger partial charge on any atom is -0.331 e. The molecule has 0 saturated heterocycles. The fraction of sp³-hybridized carbons (Fsp3) is 0.250. The molecule has 4 aromatic carbocycles. The molecule has 0 heterocycles. The van der Waals surface area contributed by atoms with E-state index in [0.717, 1.165) is 12.1 Å². The Bertz CT molecular complexity index is 1740. The van der Waals surface area contributed by atoms with Crippen molar-refractivity contribution in [2.24, 2.45) is 0 Å². The third kappa shape index (κ3) is 6.52. The first-order chi connectivity index (χ1) is 24.8. The number of hydrogen-bond donors (Lipinski definition) is 1. The van der Waals surface area contributed by atoms with E-state index in [1.807, 2.05) is 0 Å². The van der Waals surface area contributed by atoms with Crippen molar-refractivity contribution in [1.82, 2.24) is 0 Å². The standard InChI is InChI=1S/C24BF20.C8H19N/c26-5-1(6(27)14(35)21(42)13(5)34)25(2-7(28)15(36)22(43)16(37)8(2)29,3-9(30)17(38)23(44)18(39)10(3)31)4-11(32)19(40)24(45)20(41)12(4)33;1-6-9(7(2)3)8(4)5/h;7-8H,6H2,1-5H3/q-1;/p+1. The lowest BCUT2D eigenvalue weighted by atomic mass is 9.12. The van der Waals surface area contributed by atoms with Crippen LogP contribution in [-0.2, 0) is 0 Å². The molecule has 0 atom stereocenters. The summed E-state index contributed by atoms with van der Waals surface area (Å²) in [5, 5.41) is 0. The molecule has 1 N–H and O–H groups in total. The molecule has 0 aliphatic carbocycles. The predicted octanol–water partition coefficient (Wildman–Crippen LogP) is 6.55. The summed E-state index contributed by atoms with van der Waals surface area (Å²) < 4.78 is 294. The maximum atomic E-state index is 15.4. The number of rotatable bonds is 7. The summed E-state index contributed by atoms with van der Waals surface area (Å²) in [5.41, 5.74) is -14.3. The Morgan fingerprint density at radius 3 is 0.519 bits per heavy atom. The second-order valence-corrected chi connectivity index (χ2v) is 12.0. The van der Waals surface area contributed by atoms with Crippen LogP contribution in [0, 0.1) is 116 Å². The highest BCUT2D eigenvalue weighted by molar-refractivity contribution is 7.20. The average Bonchev–Trinajstić information content (AvgIpc) is 3.11. The Labute approximate surface area is 290 Å². The normalized spacial score (nSPS) is 12.0. The molecule has 0 radical (unpaired) electrons. The van der Waals surface area contributed by atoms with Gasteiger partial charge in [0.15, 0.2) is 69.8 Å². The molecule has 0 unspecified atom stereocenters. The van der Waals surface area contributed by atoms with Crippen molar-refractivity contribution in [1.29, 1.82) is 0 Å². The quantitative estimate of drug-likeness (QED) is 0.0936. The maximum absolute atomic E-state index is 15.4. The molecule has 0 aliphatic heterocycles. The van der Waals surface area contributed by atoms with Gasteiger partial charge in [0.2, 0.25) is 0 Å². The summed E-state index contributed by atoms with van der Waals surface area (Å²) in [7, 11) is 0. The maximum Gasteiger partial charge on any atom is 0.200 e. The molecule has 296 valence electrons. The van der Waals surface area contributed by atoms with Crippen molar-refractivity contribution in [3.8, 4) is 0 Å². The van der Waals surface area contributed by atoms with Gasteiger partial charge in [-0.2, -0.15) is 0 Å². The zero-order valence-corrected chi connectivity index (χ0v) is 27.5. The summed E-state index contributed by atoms with van der Waals surface area (Å²) in [6.45, 7) is 12.6. The summed E-state index contributed by atoms with van der Waals surface area (Å²) in [6, 6.07) is 1.55. The molecule has 54 heavy (non-hydrogen) atoms. The van der Waals surface area contributed by atoms with Crippen LogP contribution in [0.25, 0.3) is 0 Å². The molecule has 4 aromatic rings. The number of benzene rings is 4. The molecule has 0 fully saturated rings. The van der Waals surface area contributed by atoms with E-state index in [2.05, 4.69) is 34.6 Å². The zero-order valence-electron chi connectivity index (χ0n) is 27.5. The monoisotopic (exact) mass is 809 g/mol. The smallest absolute Gasteiger partial charge is 0.200 e. The highest BCUT2D eigenvalue weighted by atomic mass is 19.2. The van der Waals surface area contributed by atoms with Crippen molar-refractivity contribution < 1.29 is 92.7 Å². The number of hydrogen-bond acceptors (Lipinski definition) is 0. The van der Waals surface area contributed by atoms with Crippen LogP contribution in [0.1, 0.15) is 34.6 Å². The summed E-state index contributed by atoms with van der Waals surface area (Å²) in [5.74, 6) is -71.4. The van der Waals surface area contributed by atoms with E-state index in [-0.39, 0.29) is 0 Å². The minimum atomic E-state index is -7.22. The highest BCUT2D eigenvalue weighted by Gasteiger charge is 2.52. The Kier molecular flexibility index (Phi) is 12.8. The summed E-state index contributed by atoms with van der Waals surface area (Å²) >= 11 is 0. The molecule has 0 amide bonds. The van der Waals surface area contributed by atoms with Crippen molar-refractivity contribution >= 4 is 28.0 Å². The van der Waals surface area contributed by atoms with Gasteiger partial charge in [-0.25, -0.2) is 87.8 Å². The van der Waals surface area contributed by atoms with Gasteiger partial charge in [0.25, 0.3) is 0 Å². The fourth-order valence-corrected chi connectivity index (χ4v) is 6.36. The third-order valence-corrected chi connectivity index (χ3v) is 8.60. The van der Waals surface area contributed by atoms with E-state index in [1.54, 1.807) is 4.90 Å². The van der Waals surface area contributed by atoms with Crippen LogP contribution in [0.4, 0.5) is 87.8 Å². The van der Waals surface area contributed by atoms with Crippen LogP contribution in [0.3, 0.4) is 0 Å². The molecule has 0 saturated carbocycles. The second kappa shape index (κ2) is 15.7. The molecular formula is C32H20BF20N. The fourth-order valence-electron chi connectivity index (χ4n) is 6.36. The van der Waals surface area contributed by atoms with Crippen LogP contribution < -0.4 is 26.8 Å². The first kappa shape index (κ1) is 43.9. The van der Waals surface area contributed by atoms with Crippen molar-refractivity contribution in [3.05, 3.63) is 116 Å². The van der Waals surface area contributed by atoms with Crippen molar-refractivity contribution in [2.45, 2.75) is 46.7 Å². The lowest BCUT2D eigenvalue weighted by Crippen LogP contribution is -3.17. The molecule has 0 bridgehead atoms. The van der Waals surface area contributed by atoms with E-state index in [1.165, 1.54) is 6.54 Å². The largest absolute Gasteiger partial charge is 0.331 e. The predicted molar refractivity (Wildman–Crippen MR) is 151 cm³/mol. The van der Waals surface area contributed by atoms with Crippen LogP contribution in [0.5, 0.6) is 0 Å². The van der Waals surface area contributed by atoms with Gasteiger partial charge in [0.05, 0.1) is 18.6 Å². The molecule has 1 nitrogen and oxygen atoms in total. The highest BCUT2D eigenvalue weighted by Crippen LogP contribution is 2.30. The Hall–Kier alpha value is -4.50. The van der Waals surface area contributed by atoms with Crippen LogP contribution in [0.2, 0.25) is 0 Å². The molecule has 4 rings (SSSR count). The Morgan fingerprint density at radius 1 is 0.296 bits per heavy atom. The van der Waals surface area contributed by atoms with E-state index in [0.29, 0.717) is 0 Å². The minimum absolute atomic E-state index is 0.773. The lowest BCUT2D eigenvalue weighted by Gasteiger charge is -2.44. The average molecular weight is 809 g/mol. The van der Waals surface area contributed by atoms with E-state index in [9.17, 15) is 52.7 Å². The van der Waals surface area contributed by atoms with Crippen molar-refractivity contribution in [2.75, 3.05) is 6.54 Å². The Balaban J connectivity index is 0.000000772. The topological polar surface area (TPSA) is 4.44 Å². The van der Waals surface area contributed by atoms with Gasteiger partial charge in [-0.15, -0.1) is 21.9 Å². The third-order valence-electron chi connectivity index (χ3n) is 8.60. The van der Waals surface area contributed by atoms with E-state index >= 15 is 35.1 Å². The van der Waals surface area contributed by atoms with Crippen LogP contribution >= 0.6 is 0 Å². The van der Waals surface area contributed by atoms with Gasteiger partial charge >= 0.3 is 0 Å². The van der Waals surface area contributed by atoms with Gasteiger partial charge in [0.1, 0.15) is 52.7 Å². The Morgan fingerprint density at radius 2 is 0.426 bits per heavy atom. The SMILES string of the molecule is CC[NH+](C(C)C)C(C)C.Fc1c(F)c(F)c([B-](c2c(F)c(F)c(F)c(F)c2F)(c2c(F)c(F)c(F)c(F)c2F)c2c(F)c(F)c(F)c(F)c2F)c(F)c1F. The summed E-state index contributed by atoms with van der Waals surface area (Å²) in [6.07, 6.45) is -7.22. The van der Waals surface area contributed by atoms with Gasteiger partial charge in [-0.05, 0) is 34.6 Å². The molecule has 0 aliphatic rings. The second-order valence-electron chi connectivity index (χ2n) is 12.0. The summed E-state index contributed by atoms with van der Waals surface area (Å²) in [4.78, 5) is 1.69. The lowest BCUT2D eigenvalue weighted by molar-refractivity contribution is -0.940. The van der Waals surface area contributed by atoms with Gasteiger partial charge in [-0.1, -0.05) is 0 Å². The van der Waals surface area contributed by atoms with Crippen molar-refractivity contribution in [3.63, 3.8) is 0 Å². The van der Waals surface area contributed by atoms with Gasteiger partial charge < -0.3 is 4.90 Å². The van der Waals surface area contributed by atoms with Crippen LogP contribution in [-0.4, -0.2) is 24.8 Å². The molecular weight excluding hydrogens is 789 g/mol. The van der Waals surface area contributed by atoms with Gasteiger partial charge in [-0.3, -0.25) is 0 Å². The number of nitrogens with one attached hydrogen (secondary N) is 1. The van der Waals surface area contributed by atoms with E-state index in [4.69, 9.17) is 0 Å². The molecule has 0 spiro atoms. The van der Waals surface area contributed by atoms with E-state index < -0.39 is 144 Å². The van der Waals surface area contributed by atoms with Gasteiger partial charge in [0, 0.05) is 0 Å². The first-order valence-corrected chi connectivity index (χ1v) is 14.9. The number of quaternary nitrogens is 1. The number of halogens is 20. The molecule has 22 heteroatoms. The molecule has 0 aromatic heterocycles. The van der Waals surface area contributed by atoms with Crippen LogP contribution in [0.15, 0.2) is 0 Å². The zero-order chi connectivity index (χ0) is 41.8.